The van der Waals surface area contributed by atoms with Crippen molar-refractivity contribution in [1.82, 2.24) is 14.8 Å². The molecule has 0 spiro atoms. The number of amidine groups is 1. The molecule has 3 aromatic carbocycles. The van der Waals surface area contributed by atoms with Gasteiger partial charge in [-0.25, -0.2) is 19.5 Å². The molecule has 1 aliphatic heterocycles. The zero-order valence-electron chi connectivity index (χ0n) is 22.0. The minimum Gasteiger partial charge on any atom is -0.406 e. The average Bonchev–Trinajstić information content (AvgIpc) is 3.63. The maximum Gasteiger partial charge on any atom is 0.573 e. The van der Waals surface area contributed by atoms with Gasteiger partial charge in [0.05, 0.1) is 5.69 Å². The number of thioether (sulfide) groups is 1. The smallest absolute Gasteiger partial charge is 0.406 e. The van der Waals surface area contributed by atoms with Gasteiger partial charge in [0, 0.05) is 36.2 Å². The number of aromatic nitrogens is 3. The number of carbonyl (C=O) groups excluding carboxylic acids is 1. The van der Waals surface area contributed by atoms with Crippen molar-refractivity contribution >= 4 is 34.9 Å². The number of alkyl halides is 3. The van der Waals surface area contributed by atoms with Crippen molar-refractivity contribution in [3.63, 3.8) is 0 Å². The Morgan fingerprint density at radius 3 is 2.56 bits per heavy atom. The number of nitrogens with zero attached hydrogens (tertiary/aromatic N) is 6. The second-order valence-corrected chi connectivity index (χ2v) is 9.99. The number of urea groups is 1. The van der Waals surface area contributed by atoms with E-state index in [4.69, 9.17) is 0 Å². The fraction of sp³-hybridized carbons (Fsp3) is 0.207. The topological polar surface area (TPSA) is 85.0 Å². The number of hydrogen-bond acceptors (Lipinski definition) is 5. The van der Waals surface area contributed by atoms with Crippen LogP contribution in [0.2, 0.25) is 0 Å². The van der Waals surface area contributed by atoms with Crippen LogP contribution in [0.3, 0.4) is 0 Å². The normalized spacial score (nSPS) is 14.7. The molecular weight excluding hydrogens is 553 g/mol. The molecule has 0 atom stereocenters. The van der Waals surface area contributed by atoms with E-state index in [0.29, 0.717) is 23.1 Å². The maximum atomic E-state index is 12.5. The summed E-state index contributed by atoms with van der Waals surface area (Å²) >= 11 is 1.55. The standard InChI is InChI=1S/C29H25F3N6O2S/c1-2-21-5-3-4-6-25(21)37-17-18-41-28(37)35-27(39)33-16-15-20-7-9-22(10-8-20)26-34-19-38(36-26)23-11-13-24(14-12-23)40-29(30,31)32/h3-14,16,19H,2,15,17-18H2,1H3. The molecule has 0 N–H and O–H groups in total. The highest BCUT2D eigenvalue weighted by atomic mass is 32.2. The molecule has 1 fully saturated rings. The van der Waals surface area contributed by atoms with Crippen molar-refractivity contribution in [2.24, 2.45) is 9.98 Å². The largest absolute Gasteiger partial charge is 0.573 e. The highest BCUT2D eigenvalue weighted by Crippen LogP contribution is 2.29. The number of carbonyl (C=O) groups is 1. The average molecular weight is 579 g/mol. The number of hydrogen-bond donors (Lipinski definition) is 0. The molecule has 1 saturated heterocycles. The summed E-state index contributed by atoms with van der Waals surface area (Å²) in [4.78, 5) is 27.1. The molecule has 5 rings (SSSR count). The molecule has 1 aromatic heterocycles. The Morgan fingerprint density at radius 2 is 1.83 bits per heavy atom. The van der Waals surface area contributed by atoms with Crippen molar-refractivity contribution in [3.8, 4) is 22.8 Å². The van der Waals surface area contributed by atoms with E-state index in [1.165, 1.54) is 40.8 Å². The molecule has 4 aromatic rings. The summed E-state index contributed by atoms with van der Waals surface area (Å²) in [5, 5.41) is 5.07. The number of ether oxygens (including phenoxy) is 1. The van der Waals surface area contributed by atoms with Gasteiger partial charge in [0.15, 0.2) is 11.0 Å². The first kappa shape index (κ1) is 28.1. The summed E-state index contributed by atoms with van der Waals surface area (Å²) in [6.07, 6.45) is -0.383. The Bertz CT molecular complexity index is 1570. The van der Waals surface area contributed by atoms with Crippen LogP contribution in [0.5, 0.6) is 5.75 Å². The number of aryl methyl sites for hydroxylation is 1. The number of anilines is 1. The lowest BCUT2D eigenvalue weighted by Gasteiger charge is -2.20. The van der Waals surface area contributed by atoms with Crippen LogP contribution in [0, 0.1) is 0 Å². The fourth-order valence-corrected chi connectivity index (χ4v) is 5.19. The first-order chi connectivity index (χ1) is 19.8. The Labute approximate surface area is 238 Å². The van der Waals surface area contributed by atoms with Crippen molar-refractivity contribution in [2.45, 2.75) is 26.1 Å². The molecule has 0 radical (unpaired) electrons. The molecule has 0 unspecified atom stereocenters. The van der Waals surface area contributed by atoms with E-state index in [-0.39, 0.29) is 5.75 Å². The van der Waals surface area contributed by atoms with Gasteiger partial charge in [0.25, 0.3) is 0 Å². The lowest BCUT2D eigenvalue weighted by atomic mass is 10.1. The Hall–Kier alpha value is -4.45. The number of aliphatic imine (C=N–C) groups is 2. The second-order valence-electron chi connectivity index (χ2n) is 8.93. The monoisotopic (exact) mass is 578 g/mol. The molecule has 41 heavy (non-hydrogen) atoms. The summed E-state index contributed by atoms with van der Waals surface area (Å²) in [5.74, 6) is 0.998. The van der Waals surface area contributed by atoms with E-state index in [1.54, 1.807) is 18.0 Å². The third-order valence-electron chi connectivity index (χ3n) is 6.20. The highest BCUT2D eigenvalue weighted by Gasteiger charge is 2.31. The summed E-state index contributed by atoms with van der Waals surface area (Å²) in [7, 11) is 0. The van der Waals surface area contributed by atoms with E-state index >= 15 is 0 Å². The third-order valence-corrected chi connectivity index (χ3v) is 7.16. The zero-order valence-corrected chi connectivity index (χ0v) is 22.8. The molecular formula is C29H25F3N6O2S. The van der Waals surface area contributed by atoms with Gasteiger partial charge in [-0.1, -0.05) is 61.2 Å². The van der Waals surface area contributed by atoms with Crippen LogP contribution >= 0.6 is 11.8 Å². The summed E-state index contributed by atoms with van der Waals surface area (Å²) in [6, 6.07) is 20.4. The van der Waals surface area contributed by atoms with Gasteiger partial charge in [0.2, 0.25) is 0 Å². The van der Waals surface area contributed by atoms with E-state index in [9.17, 15) is 18.0 Å². The lowest BCUT2D eigenvalue weighted by molar-refractivity contribution is -0.274. The van der Waals surface area contributed by atoms with Crippen molar-refractivity contribution in [2.75, 3.05) is 17.2 Å². The van der Waals surface area contributed by atoms with Crippen molar-refractivity contribution < 1.29 is 22.7 Å². The SMILES string of the molecule is CCc1ccccc1N1CCSC1=NC(=O)N=CCc1ccc(-c2ncn(-c3ccc(OC(F)(F)F)cc3)n2)cc1. The second kappa shape index (κ2) is 12.4. The van der Waals surface area contributed by atoms with Crippen LogP contribution in [0.15, 0.2) is 89.1 Å². The lowest BCUT2D eigenvalue weighted by Crippen LogP contribution is -2.25. The minimum atomic E-state index is -4.75. The van der Waals surface area contributed by atoms with Crippen LogP contribution in [0.4, 0.5) is 23.7 Å². The van der Waals surface area contributed by atoms with Gasteiger partial charge < -0.3 is 9.64 Å². The van der Waals surface area contributed by atoms with Gasteiger partial charge in [-0.15, -0.1) is 18.3 Å². The van der Waals surface area contributed by atoms with Gasteiger partial charge >= 0.3 is 12.4 Å². The Balaban J connectivity index is 1.18. The number of halogens is 3. The molecule has 1 aliphatic rings. The maximum absolute atomic E-state index is 12.5. The first-order valence-electron chi connectivity index (χ1n) is 12.8. The molecule has 2 amide bonds. The molecule has 0 saturated carbocycles. The molecule has 0 aliphatic carbocycles. The predicted octanol–water partition coefficient (Wildman–Crippen LogP) is 6.74. The Morgan fingerprint density at radius 1 is 1.07 bits per heavy atom. The van der Waals surface area contributed by atoms with E-state index in [1.807, 2.05) is 42.5 Å². The van der Waals surface area contributed by atoms with Gasteiger partial charge in [-0.3, -0.25) is 0 Å². The minimum absolute atomic E-state index is 0.313. The quantitative estimate of drug-likeness (QED) is 0.226. The van der Waals surface area contributed by atoms with Crippen LogP contribution in [0.1, 0.15) is 18.1 Å². The summed E-state index contributed by atoms with van der Waals surface area (Å²) in [6.45, 7) is 2.90. The van der Waals surface area contributed by atoms with Crippen LogP contribution in [0.25, 0.3) is 17.1 Å². The van der Waals surface area contributed by atoms with E-state index in [0.717, 1.165) is 35.5 Å². The number of amides is 2. The summed E-state index contributed by atoms with van der Waals surface area (Å²) < 4.78 is 42.5. The van der Waals surface area contributed by atoms with Gasteiger partial charge in [-0.05, 0) is 47.9 Å². The van der Waals surface area contributed by atoms with Crippen molar-refractivity contribution in [3.05, 3.63) is 90.3 Å². The van der Waals surface area contributed by atoms with Crippen LogP contribution in [-0.2, 0) is 12.8 Å². The molecule has 8 nitrogen and oxygen atoms in total. The molecule has 2 heterocycles. The molecule has 12 heteroatoms. The summed E-state index contributed by atoms with van der Waals surface area (Å²) in [5.41, 5.74) is 4.51. The van der Waals surface area contributed by atoms with E-state index < -0.39 is 12.4 Å². The first-order valence-corrected chi connectivity index (χ1v) is 13.8. The van der Waals surface area contributed by atoms with Crippen LogP contribution < -0.4 is 9.64 Å². The third kappa shape index (κ3) is 7.20. The molecule has 210 valence electrons. The van der Waals surface area contributed by atoms with Gasteiger partial charge in [-0.2, -0.15) is 4.99 Å². The highest BCUT2D eigenvalue weighted by molar-refractivity contribution is 8.14. The number of benzene rings is 3. The zero-order chi connectivity index (χ0) is 28.8. The molecule has 0 bridgehead atoms. The number of para-hydroxylation sites is 1. The van der Waals surface area contributed by atoms with Gasteiger partial charge in [0.1, 0.15) is 12.1 Å². The van der Waals surface area contributed by atoms with Crippen molar-refractivity contribution in [1.29, 1.82) is 0 Å². The van der Waals surface area contributed by atoms with E-state index in [2.05, 4.69) is 42.7 Å². The number of rotatable bonds is 7. The fourth-order valence-electron chi connectivity index (χ4n) is 4.24. The predicted molar refractivity (Wildman–Crippen MR) is 154 cm³/mol. The van der Waals surface area contributed by atoms with Crippen LogP contribution in [-0.4, -0.2) is 50.8 Å². The Kier molecular flexibility index (Phi) is 8.48.